The third kappa shape index (κ3) is 4.83. The van der Waals surface area contributed by atoms with Gasteiger partial charge in [-0.2, -0.15) is 0 Å². The molecule has 136 valence electrons. The molecular formula is C19H20N2O5. The summed E-state index contributed by atoms with van der Waals surface area (Å²) in [6.07, 6.45) is 0.0366. The van der Waals surface area contributed by atoms with Crippen LogP contribution in [-0.2, 0) is 9.53 Å². The zero-order valence-corrected chi connectivity index (χ0v) is 14.6. The second-order valence-electron chi connectivity index (χ2n) is 5.48. The Hall–Kier alpha value is -3.35. The number of amides is 1. The van der Waals surface area contributed by atoms with E-state index >= 15 is 0 Å². The first-order chi connectivity index (χ1) is 12.4. The van der Waals surface area contributed by atoms with Crippen molar-refractivity contribution in [3.63, 3.8) is 0 Å². The van der Waals surface area contributed by atoms with Gasteiger partial charge in [-0.05, 0) is 42.5 Å². The fourth-order valence-corrected chi connectivity index (χ4v) is 2.25. The Morgan fingerprint density at radius 1 is 0.962 bits per heavy atom. The van der Waals surface area contributed by atoms with Gasteiger partial charge in [0, 0.05) is 17.5 Å². The Morgan fingerprint density at radius 2 is 1.62 bits per heavy atom. The van der Waals surface area contributed by atoms with E-state index in [1.54, 1.807) is 43.5 Å². The number of nitrogen functional groups attached to an aromatic ring is 1. The highest BCUT2D eigenvalue weighted by atomic mass is 16.5. The SMILES string of the molecule is COC(=O)CCC(=O)c1ccc(NC(=O)c2ccc(OC)cc2)c(N)c1. The third-order valence-corrected chi connectivity index (χ3v) is 3.76. The number of nitrogens with two attached hydrogens (primary N) is 1. The van der Waals surface area contributed by atoms with E-state index in [0.29, 0.717) is 22.6 Å². The van der Waals surface area contributed by atoms with Crippen LogP contribution in [0.2, 0.25) is 0 Å². The second kappa shape index (κ2) is 8.66. The minimum absolute atomic E-state index is 0.00515. The van der Waals surface area contributed by atoms with Crippen LogP contribution in [0.3, 0.4) is 0 Å². The molecule has 1 amide bonds. The van der Waals surface area contributed by atoms with E-state index in [1.807, 2.05) is 0 Å². The van der Waals surface area contributed by atoms with Crippen molar-refractivity contribution in [1.82, 2.24) is 0 Å². The van der Waals surface area contributed by atoms with Crippen LogP contribution in [0.1, 0.15) is 33.6 Å². The van der Waals surface area contributed by atoms with Gasteiger partial charge in [-0.3, -0.25) is 14.4 Å². The van der Waals surface area contributed by atoms with Crippen molar-refractivity contribution < 1.29 is 23.9 Å². The number of ether oxygens (including phenoxy) is 2. The first kappa shape index (κ1) is 19.0. The molecule has 7 nitrogen and oxygen atoms in total. The average Bonchev–Trinajstić information content (AvgIpc) is 2.67. The normalized spacial score (nSPS) is 10.1. The minimum Gasteiger partial charge on any atom is -0.497 e. The van der Waals surface area contributed by atoms with Gasteiger partial charge in [0.1, 0.15) is 5.75 Å². The average molecular weight is 356 g/mol. The molecule has 2 rings (SSSR count). The molecule has 0 aliphatic heterocycles. The zero-order chi connectivity index (χ0) is 19.1. The van der Waals surface area contributed by atoms with Crippen molar-refractivity contribution in [2.45, 2.75) is 12.8 Å². The molecule has 0 spiro atoms. The largest absolute Gasteiger partial charge is 0.497 e. The fraction of sp³-hybridized carbons (Fsp3) is 0.211. The van der Waals surface area contributed by atoms with Crippen LogP contribution in [0, 0.1) is 0 Å². The van der Waals surface area contributed by atoms with Crippen molar-refractivity contribution >= 4 is 29.0 Å². The summed E-state index contributed by atoms with van der Waals surface area (Å²) in [7, 11) is 2.81. The monoisotopic (exact) mass is 356 g/mol. The van der Waals surface area contributed by atoms with Crippen LogP contribution in [0.4, 0.5) is 11.4 Å². The summed E-state index contributed by atoms with van der Waals surface area (Å²) in [5.41, 5.74) is 7.41. The number of ketones is 1. The molecule has 7 heteroatoms. The Morgan fingerprint density at radius 3 is 2.19 bits per heavy atom. The lowest BCUT2D eigenvalue weighted by Gasteiger charge is -2.10. The van der Waals surface area contributed by atoms with Gasteiger partial charge in [0.15, 0.2) is 5.78 Å². The summed E-state index contributed by atoms with van der Waals surface area (Å²) >= 11 is 0. The molecule has 2 aromatic rings. The number of carbonyl (C=O) groups excluding carboxylic acids is 3. The summed E-state index contributed by atoms with van der Waals surface area (Å²) in [6, 6.07) is 11.2. The van der Waals surface area contributed by atoms with Gasteiger partial charge in [0.2, 0.25) is 0 Å². The molecule has 0 fully saturated rings. The molecule has 0 saturated heterocycles. The fourth-order valence-electron chi connectivity index (χ4n) is 2.25. The lowest BCUT2D eigenvalue weighted by atomic mass is 10.0. The van der Waals surface area contributed by atoms with E-state index in [-0.39, 0.29) is 30.2 Å². The number of hydrogen-bond donors (Lipinski definition) is 2. The molecule has 0 aliphatic carbocycles. The molecule has 3 N–H and O–H groups in total. The Bertz CT molecular complexity index is 815. The number of anilines is 2. The molecule has 0 saturated carbocycles. The van der Waals surface area contributed by atoms with Crippen molar-refractivity contribution in [3.05, 3.63) is 53.6 Å². The number of esters is 1. The predicted octanol–water partition coefficient (Wildman–Crippen LogP) is 2.67. The maximum absolute atomic E-state index is 12.3. The van der Waals surface area contributed by atoms with E-state index in [9.17, 15) is 14.4 Å². The van der Waals surface area contributed by atoms with E-state index in [1.165, 1.54) is 13.2 Å². The summed E-state index contributed by atoms with van der Waals surface area (Å²) in [4.78, 5) is 35.5. The van der Waals surface area contributed by atoms with E-state index < -0.39 is 5.97 Å². The van der Waals surface area contributed by atoms with E-state index in [4.69, 9.17) is 10.5 Å². The number of rotatable bonds is 7. The van der Waals surface area contributed by atoms with Gasteiger partial charge >= 0.3 is 5.97 Å². The van der Waals surface area contributed by atoms with Gasteiger partial charge in [0.25, 0.3) is 5.91 Å². The molecule has 2 aromatic carbocycles. The number of carbonyl (C=O) groups is 3. The van der Waals surface area contributed by atoms with E-state index in [0.717, 1.165) is 0 Å². The summed E-state index contributed by atoms with van der Waals surface area (Å²) in [6.45, 7) is 0. The first-order valence-corrected chi connectivity index (χ1v) is 7.89. The molecule has 0 bridgehead atoms. The maximum atomic E-state index is 12.3. The van der Waals surface area contributed by atoms with Gasteiger partial charge in [0.05, 0.1) is 32.0 Å². The molecule has 0 atom stereocenters. The van der Waals surface area contributed by atoms with Crippen LogP contribution < -0.4 is 15.8 Å². The smallest absolute Gasteiger partial charge is 0.305 e. The van der Waals surface area contributed by atoms with E-state index in [2.05, 4.69) is 10.1 Å². The lowest BCUT2D eigenvalue weighted by Crippen LogP contribution is -2.13. The number of hydrogen-bond acceptors (Lipinski definition) is 6. The molecular weight excluding hydrogens is 336 g/mol. The Kier molecular flexibility index (Phi) is 6.32. The highest BCUT2D eigenvalue weighted by Gasteiger charge is 2.13. The van der Waals surface area contributed by atoms with Gasteiger partial charge in [-0.15, -0.1) is 0 Å². The number of Topliss-reactive ketones (excluding diaryl/α,β-unsaturated/α-hetero) is 1. The van der Waals surface area contributed by atoms with Crippen LogP contribution in [-0.4, -0.2) is 31.9 Å². The number of benzene rings is 2. The van der Waals surface area contributed by atoms with Crippen molar-refractivity contribution in [2.75, 3.05) is 25.3 Å². The highest BCUT2D eigenvalue weighted by Crippen LogP contribution is 2.22. The summed E-state index contributed by atoms with van der Waals surface area (Å²) in [5, 5.41) is 2.70. The molecule has 0 radical (unpaired) electrons. The van der Waals surface area contributed by atoms with Crippen LogP contribution >= 0.6 is 0 Å². The molecule has 0 aliphatic rings. The predicted molar refractivity (Wildman–Crippen MR) is 97.4 cm³/mol. The zero-order valence-electron chi connectivity index (χ0n) is 14.6. The van der Waals surface area contributed by atoms with Gasteiger partial charge in [-0.1, -0.05) is 0 Å². The highest BCUT2D eigenvalue weighted by molar-refractivity contribution is 6.06. The van der Waals surface area contributed by atoms with Crippen molar-refractivity contribution in [2.24, 2.45) is 0 Å². The van der Waals surface area contributed by atoms with Crippen LogP contribution in [0.5, 0.6) is 5.75 Å². The Labute approximate surface area is 151 Å². The van der Waals surface area contributed by atoms with Crippen molar-refractivity contribution in [3.8, 4) is 5.75 Å². The number of methoxy groups -OCH3 is 2. The molecule has 26 heavy (non-hydrogen) atoms. The molecule has 0 heterocycles. The summed E-state index contributed by atoms with van der Waals surface area (Å²) < 4.78 is 9.56. The van der Waals surface area contributed by atoms with Crippen LogP contribution in [0.15, 0.2) is 42.5 Å². The molecule has 0 unspecified atom stereocenters. The minimum atomic E-state index is -0.449. The van der Waals surface area contributed by atoms with Gasteiger partial charge in [-0.25, -0.2) is 0 Å². The second-order valence-corrected chi connectivity index (χ2v) is 5.48. The quantitative estimate of drug-likeness (QED) is 0.449. The molecule has 0 aromatic heterocycles. The third-order valence-electron chi connectivity index (χ3n) is 3.76. The van der Waals surface area contributed by atoms with Gasteiger partial charge < -0.3 is 20.5 Å². The standard InChI is InChI=1S/C19H20N2O5/c1-25-14-6-3-12(4-7-14)19(24)21-16-8-5-13(11-15(16)20)17(22)9-10-18(23)26-2/h3-8,11H,9-10,20H2,1-2H3,(H,21,24). The number of nitrogens with one attached hydrogen (secondary N) is 1. The van der Waals surface area contributed by atoms with Crippen molar-refractivity contribution in [1.29, 1.82) is 0 Å². The topological polar surface area (TPSA) is 108 Å². The maximum Gasteiger partial charge on any atom is 0.305 e. The first-order valence-electron chi connectivity index (χ1n) is 7.89. The lowest BCUT2D eigenvalue weighted by molar-refractivity contribution is -0.140. The summed E-state index contributed by atoms with van der Waals surface area (Å²) in [5.74, 6) is -0.357. The van der Waals surface area contributed by atoms with Crippen LogP contribution in [0.25, 0.3) is 0 Å². The Balaban J connectivity index is 2.05.